The lowest BCUT2D eigenvalue weighted by molar-refractivity contribution is 0.170. The SMILES string of the molecule is COc1cc(C(C)O)ccc1OCC(C)CO. The van der Waals surface area contributed by atoms with E-state index in [0.29, 0.717) is 18.1 Å². The van der Waals surface area contributed by atoms with E-state index in [0.717, 1.165) is 5.56 Å². The summed E-state index contributed by atoms with van der Waals surface area (Å²) in [7, 11) is 1.56. The molecule has 0 spiro atoms. The van der Waals surface area contributed by atoms with Crippen LogP contribution in [0, 0.1) is 5.92 Å². The Kier molecular flexibility index (Phi) is 5.25. The minimum Gasteiger partial charge on any atom is -0.493 e. The van der Waals surface area contributed by atoms with Gasteiger partial charge in [0.05, 0.1) is 19.8 Å². The van der Waals surface area contributed by atoms with E-state index >= 15 is 0 Å². The van der Waals surface area contributed by atoms with Crippen molar-refractivity contribution in [2.45, 2.75) is 20.0 Å². The molecule has 0 amide bonds. The Bertz CT molecular complexity index is 349. The quantitative estimate of drug-likeness (QED) is 0.795. The van der Waals surface area contributed by atoms with Crippen LogP contribution in [0.1, 0.15) is 25.5 Å². The van der Waals surface area contributed by atoms with Gasteiger partial charge in [-0.2, -0.15) is 0 Å². The first kappa shape index (κ1) is 13.8. The average Bonchev–Trinajstić information content (AvgIpc) is 2.35. The van der Waals surface area contributed by atoms with Crippen LogP contribution in [0.15, 0.2) is 18.2 Å². The lowest BCUT2D eigenvalue weighted by Crippen LogP contribution is -2.12. The summed E-state index contributed by atoms with van der Waals surface area (Å²) in [5, 5.41) is 18.4. The van der Waals surface area contributed by atoms with Crippen LogP contribution in [0.3, 0.4) is 0 Å². The molecule has 1 aromatic carbocycles. The highest BCUT2D eigenvalue weighted by Gasteiger charge is 2.10. The summed E-state index contributed by atoms with van der Waals surface area (Å²) in [6.45, 7) is 4.12. The Balaban J connectivity index is 2.78. The van der Waals surface area contributed by atoms with Crippen LogP contribution in [0.4, 0.5) is 0 Å². The summed E-state index contributed by atoms with van der Waals surface area (Å²) in [5.41, 5.74) is 0.782. The van der Waals surface area contributed by atoms with E-state index in [4.69, 9.17) is 14.6 Å². The molecule has 0 aromatic heterocycles. The summed E-state index contributed by atoms with van der Waals surface area (Å²) in [6.07, 6.45) is -0.533. The van der Waals surface area contributed by atoms with Crippen LogP contribution in [-0.4, -0.2) is 30.5 Å². The predicted octanol–water partition coefficient (Wildman–Crippen LogP) is 1.76. The van der Waals surface area contributed by atoms with Crippen molar-refractivity contribution in [2.24, 2.45) is 5.92 Å². The van der Waals surface area contributed by atoms with Crippen LogP contribution in [0.2, 0.25) is 0 Å². The zero-order valence-electron chi connectivity index (χ0n) is 10.5. The summed E-state index contributed by atoms with van der Waals surface area (Å²) < 4.78 is 10.8. The Morgan fingerprint density at radius 3 is 2.47 bits per heavy atom. The van der Waals surface area contributed by atoms with Crippen LogP contribution in [0.5, 0.6) is 11.5 Å². The van der Waals surface area contributed by atoms with Crippen molar-refractivity contribution in [3.05, 3.63) is 23.8 Å². The molecule has 0 saturated carbocycles. The molecule has 2 unspecified atom stereocenters. The molecule has 0 aliphatic rings. The summed E-state index contributed by atoms with van der Waals surface area (Å²) in [4.78, 5) is 0. The minimum atomic E-state index is -0.533. The van der Waals surface area contributed by atoms with Crippen molar-refractivity contribution in [1.29, 1.82) is 0 Å². The molecule has 0 aliphatic carbocycles. The molecular formula is C13H20O4. The number of hydrogen-bond donors (Lipinski definition) is 2. The van der Waals surface area contributed by atoms with Gasteiger partial charge in [0, 0.05) is 12.5 Å². The van der Waals surface area contributed by atoms with Gasteiger partial charge in [0.2, 0.25) is 0 Å². The van der Waals surface area contributed by atoms with Gasteiger partial charge >= 0.3 is 0 Å². The smallest absolute Gasteiger partial charge is 0.161 e. The molecule has 0 radical (unpaired) electrons. The number of benzene rings is 1. The molecule has 0 bridgehead atoms. The maximum atomic E-state index is 9.46. The lowest BCUT2D eigenvalue weighted by Gasteiger charge is -2.15. The Labute approximate surface area is 102 Å². The third-order valence-electron chi connectivity index (χ3n) is 2.51. The van der Waals surface area contributed by atoms with Gasteiger partial charge in [-0.05, 0) is 24.6 Å². The van der Waals surface area contributed by atoms with E-state index in [1.807, 2.05) is 6.92 Å². The number of aliphatic hydroxyl groups excluding tert-OH is 2. The number of rotatable bonds is 6. The molecule has 0 heterocycles. The first-order valence-electron chi connectivity index (χ1n) is 5.68. The average molecular weight is 240 g/mol. The van der Waals surface area contributed by atoms with Crippen molar-refractivity contribution in [1.82, 2.24) is 0 Å². The second kappa shape index (κ2) is 6.47. The fraction of sp³-hybridized carbons (Fsp3) is 0.538. The Morgan fingerprint density at radius 1 is 1.24 bits per heavy atom. The zero-order valence-corrected chi connectivity index (χ0v) is 10.5. The molecule has 0 saturated heterocycles. The normalized spacial score (nSPS) is 14.2. The molecule has 1 rings (SSSR count). The van der Waals surface area contributed by atoms with Crippen molar-refractivity contribution in [3.63, 3.8) is 0 Å². The third kappa shape index (κ3) is 3.91. The van der Waals surface area contributed by atoms with Crippen molar-refractivity contribution in [3.8, 4) is 11.5 Å². The van der Waals surface area contributed by atoms with Crippen LogP contribution < -0.4 is 9.47 Å². The minimum absolute atomic E-state index is 0.0798. The van der Waals surface area contributed by atoms with E-state index < -0.39 is 6.10 Å². The van der Waals surface area contributed by atoms with Crippen LogP contribution >= 0.6 is 0 Å². The van der Waals surface area contributed by atoms with Crippen molar-refractivity contribution < 1.29 is 19.7 Å². The van der Waals surface area contributed by atoms with Gasteiger partial charge in [0.1, 0.15) is 0 Å². The summed E-state index contributed by atoms with van der Waals surface area (Å²) in [5.74, 6) is 1.29. The van der Waals surface area contributed by atoms with Gasteiger partial charge in [0.25, 0.3) is 0 Å². The lowest BCUT2D eigenvalue weighted by atomic mass is 10.1. The topological polar surface area (TPSA) is 58.9 Å². The van der Waals surface area contributed by atoms with Gasteiger partial charge in [-0.15, -0.1) is 0 Å². The second-order valence-electron chi connectivity index (χ2n) is 4.19. The molecule has 2 atom stereocenters. The van der Waals surface area contributed by atoms with Gasteiger partial charge < -0.3 is 19.7 Å². The molecule has 17 heavy (non-hydrogen) atoms. The standard InChI is InChI=1S/C13H20O4/c1-9(7-14)8-17-12-5-4-11(10(2)15)6-13(12)16-3/h4-6,9-10,14-15H,7-8H2,1-3H3. The monoisotopic (exact) mass is 240 g/mol. The molecule has 4 nitrogen and oxygen atoms in total. The molecule has 4 heteroatoms. The summed E-state index contributed by atoms with van der Waals surface area (Å²) >= 11 is 0. The van der Waals surface area contributed by atoms with Gasteiger partial charge in [0.15, 0.2) is 11.5 Å². The fourth-order valence-electron chi connectivity index (χ4n) is 1.35. The first-order valence-corrected chi connectivity index (χ1v) is 5.68. The van der Waals surface area contributed by atoms with E-state index in [2.05, 4.69) is 0 Å². The second-order valence-corrected chi connectivity index (χ2v) is 4.19. The molecule has 0 aliphatic heterocycles. The third-order valence-corrected chi connectivity index (χ3v) is 2.51. The number of methoxy groups -OCH3 is 1. The van der Waals surface area contributed by atoms with Crippen LogP contribution in [-0.2, 0) is 0 Å². The highest BCUT2D eigenvalue weighted by atomic mass is 16.5. The highest BCUT2D eigenvalue weighted by molar-refractivity contribution is 5.43. The van der Waals surface area contributed by atoms with Gasteiger partial charge in [-0.3, -0.25) is 0 Å². The molecule has 1 aromatic rings. The molecule has 0 fully saturated rings. The Hall–Kier alpha value is -1.26. The highest BCUT2D eigenvalue weighted by Crippen LogP contribution is 2.30. The number of hydrogen-bond acceptors (Lipinski definition) is 4. The first-order chi connectivity index (χ1) is 8.08. The molecule has 2 N–H and O–H groups in total. The van der Waals surface area contributed by atoms with Crippen molar-refractivity contribution >= 4 is 0 Å². The van der Waals surface area contributed by atoms with Gasteiger partial charge in [-0.1, -0.05) is 13.0 Å². The maximum absolute atomic E-state index is 9.46. The van der Waals surface area contributed by atoms with E-state index in [-0.39, 0.29) is 12.5 Å². The largest absolute Gasteiger partial charge is 0.493 e. The van der Waals surface area contributed by atoms with Gasteiger partial charge in [-0.25, -0.2) is 0 Å². The molecular weight excluding hydrogens is 220 g/mol. The van der Waals surface area contributed by atoms with E-state index in [1.165, 1.54) is 0 Å². The van der Waals surface area contributed by atoms with Crippen LogP contribution in [0.25, 0.3) is 0 Å². The fourth-order valence-corrected chi connectivity index (χ4v) is 1.35. The van der Waals surface area contributed by atoms with Crippen molar-refractivity contribution in [2.75, 3.05) is 20.3 Å². The summed E-state index contributed by atoms with van der Waals surface area (Å²) in [6, 6.07) is 5.32. The van der Waals surface area contributed by atoms with E-state index in [1.54, 1.807) is 32.2 Å². The maximum Gasteiger partial charge on any atom is 0.161 e. The molecule has 96 valence electrons. The number of ether oxygens (including phenoxy) is 2. The predicted molar refractivity (Wildman–Crippen MR) is 65.4 cm³/mol. The number of aliphatic hydroxyl groups is 2. The van der Waals surface area contributed by atoms with E-state index in [9.17, 15) is 5.11 Å². The zero-order chi connectivity index (χ0) is 12.8. The Morgan fingerprint density at radius 2 is 1.94 bits per heavy atom.